The molecule has 0 radical (unpaired) electrons. The highest BCUT2D eigenvalue weighted by atomic mass is 32.2. The molecule has 2 aromatic carbocycles. The third-order valence-electron chi connectivity index (χ3n) is 3.11. The predicted molar refractivity (Wildman–Crippen MR) is 84.7 cm³/mol. The van der Waals surface area contributed by atoms with Crippen LogP contribution in [0.3, 0.4) is 0 Å². The van der Waals surface area contributed by atoms with Crippen molar-refractivity contribution < 1.29 is 4.39 Å². The lowest BCUT2D eigenvalue weighted by molar-refractivity contribution is 0.545. The van der Waals surface area contributed by atoms with Gasteiger partial charge in [-0.25, -0.2) is 4.39 Å². The third-order valence-corrected chi connectivity index (χ3v) is 4.29. The lowest BCUT2D eigenvalue weighted by atomic mass is 10.1. The van der Waals surface area contributed by atoms with E-state index < -0.39 is 0 Å². The lowest BCUT2D eigenvalue weighted by Crippen LogP contribution is -2.33. The minimum absolute atomic E-state index is 0.111. The molecule has 0 aliphatic carbocycles. The molecule has 0 saturated heterocycles. The highest BCUT2D eigenvalue weighted by Gasteiger charge is 2.11. The summed E-state index contributed by atoms with van der Waals surface area (Å²) in [5.74, 6) is 0.826. The Morgan fingerprint density at radius 1 is 1.05 bits per heavy atom. The van der Waals surface area contributed by atoms with Gasteiger partial charge in [0.2, 0.25) is 0 Å². The van der Waals surface area contributed by atoms with Gasteiger partial charge in [0.1, 0.15) is 5.82 Å². The second kappa shape index (κ2) is 8.08. The Bertz CT molecular complexity index is 515. The van der Waals surface area contributed by atoms with E-state index in [9.17, 15) is 4.39 Å². The largest absolute Gasteiger partial charge is 0.313 e. The summed E-state index contributed by atoms with van der Waals surface area (Å²) < 4.78 is 13.7. The molecule has 0 amide bonds. The van der Waals surface area contributed by atoms with Crippen LogP contribution >= 0.6 is 11.8 Å². The molecule has 1 N–H and O–H groups in total. The van der Waals surface area contributed by atoms with Crippen molar-refractivity contribution in [2.45, 2.75) is 24.3 Å². The zero-order valence-electron chi connectivity index (χ0n) is 11.7. The summed E-state index contributed by atoms with van der Waals surface area (Å²) in [7, 11) is 0. The first-order valence-electron chi connectivity index (χ1n) is 6.94. The first-order valence-corrected chi connectivity index (χ1v) is 7.92. The number of rotatable bonds is 7. The summed E-state index contributed by atoms with van der Waals surface area (Å²) in [6, 6.07) is 17.6. The van der Waals surface area contributed by atoms with Gasteiger partial charge in [0, 0.05) is 16.7 Å². The van der Waals surface area contributed by atoms with Gasteiger partial charge in [0.15, 0.2) is 0 Å². The van der Waals surface area contributed by atoms with Crippen LogP contribution < -0.4 is 5.32 Å². The van der Waals surface area contributed by atoms with Crippen molar-refractivity contribution in [2.75, 3.05) is 12.3 Å². The highest BCUT2D eigenvalue weighted by molar-refractivity contribution is 7.99. The minimum Gasteiger partial charge on any atom is -0.313 e. The number of likely N-dealkylation sites (N-methyl/N-ethyl adjacent to an activating group) is 1. The monoisotopic (exact) mass is 289 g/mol. The van der Waals surface area contributed by atoms with E-state index in [0.29, 0.717) is 0 Å². The second-order valence-corrected chi connectivity index (χ2v) is 5.77. The maximum atomic E-state index is 13.7. The molecule has 3 heteroatoms. The maximum Gasteiger partial charge on any atom is 0.126 e. The SMILES string of the molecule is CCNC(CSc1ccccc1)Cc1ccccc1F. The van der Waals surface area contributed by atoms with Gasteiger partial charge in [-0.3, -0.25) is 0 Å². The third kappa shape index (κ3) is 4.66. The number of halogens is 1. The van der Waals surface area contributed by atoms with Crippen LogP contribution in [0, 0.1) is 5.82 Å². The molecule has 0 aromatic heterocycles. The van der Waals surface area contributed by atoms with Gasteiger partial charge in [-0.05, 0) is 36.7 Å². The second-order valence-electron chi connectivity index (χ2n) is 4.67. The van der Waals surface area contributed by atoms with Crippen LogP contribution in [0.4, 0.5) is 4.39 Å². The average molecular weight is 289 g/mol. The molecule has 0 spiro atoms. The first-order chi connectivity index (χ1) is 9.79. The van der Waals surface area contributed by atoms with Gasteiger partial charge in [0.25, 0.3) is 0 Å². The Balaban J connectivity index is 1.95. The van der Waals surface area contributed by atoms with E-state index in [1.165, 1.54) is 11.0 Å². The van der Waals surface area contributed by atoms with Crippen molar-refractivity contribution in [3.05, 3.63) is 66.0 Å². The summed E-state index contributed by atoms with van der Waals surface area (Å²) >= 11 is 1.81. The number of hydrogen-bond acceptors (Lipinski definition) is 2. The molecule has 1 nitrogen and oxygen atoms in total. The first kappa shape index (κ1) is 15.1. The molecule has 0 aliphatic heterocycles. The molecular weight excluding hydrogens is 269 g/mol. The van der Waals surface area contributed by atoms with Gasteiger partial charge in [-0.15, -0.1) is 11.8 Å². The van der Waals surface area contributed by atoms with Gasteiger partial charge >= 0.3 is 0 Å². The standard InChI is InChI=1S/C17H20FNS/c1-2-19-15(12-14-8-6-7-11-17(14)18)13-20-16-9-4-3-5-10-16/h3-11,15,19H,2,12-13H2,1H3. The summed E-state index contributed by atoms with van der Waals surface area (Å²) in [4.78, 5) is 1.25. The van der Waals surface area contributed by atoms with Crippen LogP contribution in [0.25, 0.3) is 0 Å². The fourth-order valence-electron chi connectivity index (χ4n) is 2.12. The lowest BCUT2D eigenvalue weighted by Gasteiger charge is -2.18. The Morgan fingerprint density at radius 3 is 2.45 bits per heavy atom. The van der Waals surface area contributed by atoms with E-state index in [1.54, 1.807) is 6.07 Å². The van der Waals surface area contributed by atoms with Crippen LogP contribution in [-0.2, 0) is 6.42 Å². The van der Waals surface area contributed by atoms with Crippen LogP contribution in [0.1, 0.15) is 12.5 Å². The van der Waals surface area contributed by atoms with Crippen molar-refractivity contribution in [1.82, 2.24) is 5.32 Å². The minimum atomic E-state index is -0.111. The molecule has 1 atom stereocenters. The summed E-state index contributed by atoms with van der Waals surface area (Å²) in [5.41, 5.74) is 0.784. The van der Waals surface area contributed by atoms with Gasteiger partial charge in [-0.1, -0.05) is 43.3 Å². The fourth-order valence-corrected chi connectivity index (χ4v) is 3.10. The van der Waals surface area contributed by atoms with E-state index in [2.05, 4.69) is 24.4 Å². The van der Waals surface area contributed by atoms with Crippen molar-refractivity contribution in [2.24, 2.45) is 0 Å². The molecule has 0 bridgehead atoms. The Labute approximate surface area is 124 Å². The molecule has 0 fully saturated rings. The van der Waals surface area contributed by atoms with E-state index in [-0.39, 0.29) is 11.9 Å². The Morgan fingerprint density at radius 2 is 1.75 bits per heavy atom. The summed E-state index contributed by atoms with van der Waals surface area (Å²) in [5, 5.41) is 3.44. The average Bonchev–Trinajstić information content (AvgIpc) is 2.48. The molecule has 20 heavy (non-hydrogen) atoms. The van der Waals surface area contributed by atoms with Crippen LogP contribution in [0.5, 0.6) is 0 Å². The molecule has 0 heterocycles. The van der Waals surface area contributed by atoms with Crippen LogP contribution in [0.2, 0.25) is 0 Å². The summed E-state index contributed by atoms with van der Waals surface area (Å²) in [6.45, 7) is 2.98. The van der Waals surface area contributed by atoms with E-state index in [1.807, 2.05) is 42.1 Å². The van der Waals surface area contributed by atoms with E-state index >= 15 is 0 Å². The molecular formula is C17H20FNS. The fraction of sp³-hybridized carbons (Fsp3) is 0.294. The van der Waals surface area contributed by atoms with Gasteiger partial charge in [0.05, 0.1) is 0 Å². The number of nitrogens with one attached hydrogen (secondary N) is 1. The Kier molecular flexibility index (Phi) is 6.09. The smallest absolute Gasteiger partial charge is 0.126 e. The quantitative estimate of drug-likeness (QED) is 0.769. The zero-order chi connectivity index (χ0) is 14.2. The molecule has 106 valence electrons. The molecule has 0 aliphatic rings. The van der Waals surface area contributed by atoms with Crippen molar-refractivity contribution in [1.29, 1.82) is 0 Å². The van der Waals surface area contributed by atoms with E-state index in [0.717, 1.165) is 24.3 Å². The molecule has 2 rings (SSSR count). The normalized spacial score (nSPS) is 12.3. The topological polar surface area (TPSA) is 12.0 Å². The predicted octanol–water partition coefficient (Wildman–Crippen LogP) is 4.14. The number of thioether (sulfide) groups is 1. The van der Waals surface area contributed by atoms with Crippen molar-refractivity contribution in [3.63, 3.8) is 0 Å². The highest BCUT2D eigenvalue weighted by Crippen LogP contribution is 2.20. The van der Waals surface area contributed by atoms with Gasteiger partial charge < -0.3 is 5.32 Å². The zero-order valence-corrected chi connectivity index (χ0v) is 12.5. The number of hydrogen-bond donors (Lipinski definition) is 1. The summed E-state index contributed by atoms with van der Waals surface area (Å²) in [6.07, 6.45) is 0.723. The maximum absolute atomic E-state index is 13.7. The Hall–Kier alpha value is -1.32. The number of benzene rings is 2. The van der Waals surface area contributed by atoms with Gasteiger partial charge in [-0.2, -0.15) is 0 Å². The van der Waals surface area contributed by atoms with E-state index in [4.69, 9.17) is 0 Å². The molecule has 2 aromatic rings. The van der Waals surface area contributed by atoms with Crippen molar-refractivity contribution >= 4 is 11.8 Å². The molecule has 1 unspecified atom stereocenters. The van der Waals surface area contributed by atoms with Crippen LogP contribution in [0.15, 0.2) is 59.5 Å². The van der Waals surface area contributed by atoms with Crippen molar-refractivity contribution in [3.8, 4) is 0 Å². The molecule has 0 saturated carbocycles. The van der Waals surface area contributed by atoms with Crippen LogP contribution in [-0.4, -0.2) is 18.3 Å².